The monoisotopic (exact) mass is 612 g/mol. The van der Waals surface area contributed by atoms with Crippen LogP contribution in [0.1, 0.15) is 52.4 Å². The molecule has 0 aromatic rings. The zero-order valence-electron chi connectivity index (χ0n) is 23.6. The Morgan fingerprint density at radius 3 is 2.14 bits per heavy atom. The summed E-state index contributed by atoms with van der Waals surface area (Å²) in [6, 6.07) is -5.43. The van der Waals surface area contributed by atoms with Crippen molar-refractivity contribution < 1.29 is 38.4 Å². The SMILES string of the molecule is CC(C)C[C@H](NC(=O)[C@@H]1CCCN1C(=O)[C@H](CS)NC(=O)[C@H](CC(N)=O)NC(=O)[C@@H]1CCC(=O)N1)C(=O)NCC(N)=O. The number of hydrogen-bond acceptors (Lipinski definition) is 9. The molecule has 0 aromatic carbocycles. The summed E-state index contributed by atoms with van der Waals surface area (Å²) in [6.45, 7) is 3.50. The lowest BCUT2D eigenvalue weighted by molar-refractivity contribution is -0.142. The normalized spacial score (nSPS) is 20.2. The molecule has 2 heterocycles. The third kappa shape index (κ3) is 10.2. The van der Waals surface area contributed by atoms with Crippen molar-refractivity contribution in [2.24, 2.45) is 17.4 Å². The predicted molar refractivity (Wildman–Crippen MR) is 151 cm³/mol. The lowest BCUT2D eigenvalue weighted by Gasteiger charge is -2.30. The van der Waals surface area contributed by atoms with E-state index in [1.807, 2.05) is 13.8 Å². The van der Waals surface area contributed by atoms with E-state index in [9.17, 15) is 38.4 Å². The number of rotatable bonds is 15. The van der Waals surface area contributed by atoms with Crippen molar-refractivity contribution in [2.45, 2.75) is 82.6 Å². The molecule has 0 bridgehead atoms. The third-order valence-corrected chi connectivity index (χ3v) is 7.13. The molecular formula is C25H40N8O8S. The average molecular weight is 613 g/mol. The molecular weight excluding hydrogens is 572 g/mol. The summed E-state index contributed by atoms with van der Waals surface area (Å²) < 4.78 is 0. The molecule has 9 N–H and O–H groups in total. The van der Waals surface area contributed by atoms with Crippen molar-refractivity contribution in [3.63, 3.8) is 0 Å². The maximum Gasteiger partial charge on any atom is 0.246 e. The number of carbonyl (C=O) groups is 8. The highest BCUT2D eigenvalue weighted by molar-refractivity contribution is 7.80. The van der Waals surface area contributed by atoms with E-state index in [1.165, 1.54) is 4.90 Å². The van der Waals surface area contributed by atoms with E-state index in [-0.39, 0.29) is 43.4 Å². The Kier molecular flexibility index (Phi) is 13.0. The highest BCUT2D eigenvalue weighted by atomic mass is 32.1. The molecule has 8 amide bonds. The van der Waals surface area contributed by atoms with E-state index >= 15 is 0 Å². The van der Waals surface area contributed by atoms with Crippen LogP contribution in [0.25, 0.3) is 0 Å². The number of primary amides is 2. The van der Waals surface area contributed by atoms with Crippen LogP contribution < -0.4 is 38.1 Å². The second kappa shape index (κ2) is 15.9. The predicted octanol–water partition coefficient (Wildman–Crippen LogP) is -3.84. The van der Waals surface area contributed by atoms with Crippen LogP contribution in [-0.2, 0) is 38.4 Å². The number of thiol groups is 1. The molecule has 5 atom stereocenters. The second-order valence-electron chi connectivity index (χ2n) is 10.7. The van der Waals surface area contributed by atoms with Crippen molar-refractivity contribution in [3.05, 3.63) is 0 Å². The minimum atomic E-state index is -1.42. The van der Waals surface area contributed by atoms with Gasteiger partial charge in [-0.1, -0.05) is 13.8 Å². The molecule has 2 rings (SSSR count). The standard InChI is InChI=1S/C25H40N8O8S/c1-12(2)8-14(21(37)28-10-19(27)35)31-24(40)17-4-3-7-33(17)25(41)16(11-42)32-23(39)15(9-18(26)34)30-22(38)13-5-6-20(36)29-13/h12-17,42H,3-11H2,1-2H3,(H2,26,34)(H2,27,35)(H,28,37)(H,29,36)(H,30,38)(H,31,40)(H,32,39)/t13-,14-,15-,16-,17-/m0/s1. The van der Waals surface area contributed by atoms with Gasteiger partial charge in [0.15, 0.2) is 0 Å². The summed E-state index contributed by atoms with van der Waals surface area (Å²) in [5.41, 5.74) is 10.3. The van der Waals surface area contributed by atoms with E-state index in [0.717, 1.165) is 0 Å². The van der Waals surface area contributed by atoms with Gasteiger partial charge in [0.2, 0.25) is 47.3 Å². The topological polar surface area (TPSA) is 252 Å². The van der Waals surface area contributed by atoms with Gasteiger partial charge in [-0.05, 0) is 31.6 Å². The van der Waals surface area contributed by atoms with E-state index in [0.29, 0.717) is 12.8 Å². The molecule has 0 spiro atoms. The second-order valence-corrected chi connectivity index (χ2v) is 11.1. The number of likely N-dealkylation sites (tertiary alicyclic amines) is 1. The Labute approximate surface area is 248 Å². The van der Waals surface area contributed by atoms with Crippen molar-refractivity contribution in [1.29, 1.82) is 0 Å². The summed E-state index contributed by atoms with van der Waals surface area (Å²) in [5.74, 6) is -5.45. The number of nitrogens with one attached hydrogen (secondary N) is 5. The maximum atomic E-state index is 13.4. The fraction of sp³-hybridized carbons (Fsp3) is 0.680. The number of carbonyl (C=O) groups excluding carboxylic acids is 8. The smallest absolute Gasteiger partial charge is 0.246 e. The molecule has 0 radical (unpaired) electrons. The molecule has 42 heavy (non-hydrogen) atoms. The maximum absolute atomic E-state index is 13.4. The molecule has 2 aliphatic heterocycles. The molecule has 2 aliphatic rings. The van der Waals surface area contributed by atoms with E-state index < -0.39 is 84.5 Å². The molecule has 2 saturated heterocycles. The molecule has 0 saturated carbocycles. The summed E-state index contributed by atoms with van der Waals surface area (Å²) in [4.78, 5) is 100. The van der Waals surface area contributed by atoms with Crippen LogP contribution in [0, 0.1) is 5.92 Å². The van der Waals surface area contributed by atoms with Crippen molar-refractivity contribution in [2.75, 3.05) is 18.8 Å². The first kappa shape index (κ1) is 34.3. The number of amides is 8. The van der Waals surface area contributed by atoms with E-state index in [2.05, 4.69) is 39.2 Å². The highest BCUT2D eigenvalue weighted by Gasteiger charge is 2.39. The number of hydrogen-bond donors (Lipinski definition) is 8. The van der Waals surface area contributed by atoms with Gasteiger partial charge in [-0.15, -0.1) is 0 Å². The van der Waals surface area contributed by atoms with Crippen LogP contribution in [-0.4, -0.2) is 101 Å². The van der Waals surface area contributed by atoms with Gasteiger partial charge < -0.3 is 43.0 Å². The van der Waals surface area contributed by atoms with Crippen LogP contribution in [0.4, 0.5) is 0 Å². The van der Waals surface area contributed by atoms with Gasteiger partial charge in [-0.2, -0.15) is 12.6 Å². The van der Waals surface area contributed by atoms with E-state index in [4.69, 9.17) is 11.5 Å². The Morgan fingerprint density at radius 1 is 0.929 bits per heavy atom. The van der Waals surface area contributed by atoms with Gasteiger partial charge in [0, 0.05) is 18.7 Å². The summed E-state index contributed by atoms with van der Waals surface area (Å²) in [5, 5.41) is 12.4. The van der Waals surface area contributed by atoms with Crippen LogP contribution in [0.5, 0.6) is 0 Å². The third-order valence-electron chi connectivity index (χ3n) is 6.76. The van der Waals surface area contributed by atoms with Crippen molar-refractivity contribution in [3.8, 4) is 0 Å². The first-order valence-corrected chi connectivity index (χ1v) is 14.3. The summed E-state index contributed by atoms with van der Waals surface area (Å²) in [7, 11) is 0. The zero-order chi connectivity index (χ0) is 31.6. The molecule has 234 valence electrons. The summed E-state index contributed by atoms with van der Waals surface area (Å²) >= 11 is 4.17. The van der Waals surface area contributed by atoms with Crippen LogP contribution in [0.3, 0.4) is 0 Å². The average Bonchev–Trinajstić information content (AvgIpc) is 3.58. The fourth-order valence-corrected chi connectivity index (χ4v) is 4.97. The Hall–Kier alpha value is -3.89. The quantitative estimate of drug-likeness (QED) is 0.0848. The lowest BCUT2D eigenvalue weighted by atomic mass is 10.0. The van der Waals surface area contributed by atoms with Crippen molar-refractivity contribution >= 4 is 59.9 Å². The zero-order valence-corrected chi connectivity index (χ0v) is 24.5. The largest absolute Gasteiger partial charge is 0.370 e. The van der Waals surface area contributed by atoms with Gasteiger partial charge in [0.25, 0.3) is 0 Å². The first-order chi connectivity index (χ1) is 19.7. The minimum Gasteiger partial charge on any atom is -0.370 e. The van der Waals surface area contributed by atoms with Gasteiger partial charge in [-0.25, -0.2) is 0 Å². The molecule has 17 heteroatoms. The molecule has 2 fully saturated rings. The Bertz CT molecular complexity index is 1090. The Morgan fingerprint density at radius 2 is 1.60 bits per heavy atom. The fourth-order valence-electron chi connectivity index (χ4n) is 4.72. The molecule has 0 aromatic heterocycles. The lowest BCUT2D eigenvalue weighted by Crippen LogP contribution is -2.59. The van der Waals surface area contributed by atoms with Crippen LogP contribution >= 0.6 is 12.6 Å². The minimum absolute atomic E-state index is 0.0125. The van der Waals surface area contributed by atoms with Gasteiger partial charge in [0.1, 0.15) is 30.2 Å². The summed E-state index contributed by atoms with van der Waals surface area (Å²) in [6.07, 6.45) is 0.848. The van der Waals surface area contributed by atoms with Gasteiger partial charge >= 0.3 is 0 Å². The van der Waals surface area contributed by atoms with Crippen LogP contribution in [0.15, 0.2) is 0 Å². The van der Waals surface area contributed by atoms with Gasteiger partial charge in [0.05, 0.1) is 13.0 Å². The van der Waals surface area contributed by atoms with Crippen LogP contribution in [0.2, 0.25) is 0 Å². The first-order valence-electron chi connectivity index (χ1n) is 13.7. The molecule has 0 unspecified atom stereocenters. The van der Waals surface area contributed by atoms with E-state index in [1.54, 1.807) is 0 Å². The van der Waals surface area contributed by atoms with Crippen molar-refractivity contribution in [1.82, 2.24) is 31.5 Å². The highest BCUT2D eigenvalue weighted by Crippen LogP contribution is 2.20. The molecule has 16 nitrogen and oxygen atoms in total. The number of nitrogens with two attached hydrogens (primary N) is 2. The molecule has 0 aliphatic carbocycles. The Balaban J connectivity index is 2.10. The number of nitrogens with zero attached hydrogens (tertiary/aromatic N) is 1. The van der Waals surface area contributed by atoms with Gasteiger partial charge in [-0.3, -0.25) is 38.4 Å².